The molecule has 0 saturated heterocycles. The van der Waals surface area contributed by atoms with Gasteiger partial charge in [-0.15, -0.1) is 0 Å². The number of benzene rings is 1. The highest BCUT2D eigenvalue weighted by Gasteiger charge is 2.06. The van der Waals surface area contributed by atoms with Gasteiger partial charge in [-0.1, -0.05) is 32.9 Å². The van der Waals surface area contributed by atoms with E-state index in [4.69, 9.17) is 0 Å². The van der Waals surface area contributed by atoms with Crippen molar-refractivity contribution < 1.29 is 0 Å². The molecule has 120 valence electrons. The summed E-state index contributed by atoms with van der Waals surface area (Å²) in [5, 5.41) is 3.49. The first-order valence-electron chi connectivity index (χ1n) is 8.22. The van der Waals surface area contributed by atoms with Crippen LogP contribution in [0.25, 0.3) is 0 Å². The van der Waals surface area contributed by atoms with Gasteiger partial charge in [-0.3, -0.25) is 0 Å². The van der Waals surface area contributed by atoms with Gasteiger partial charge in [-0.2, -0.15) is 0 Å². The zero-order valence-corrected chi connectivity index (χ0v) is 14.5. The number of hydrogen-bond acceptors (Lipinski definition) is 3. The average molecular weight is 291 g/mol. The zero-order valence-electron chi connectivity index (χ0n) is 14.5. The molecule has 0 heterocycles. The number of nitrogens with one attached hydrogen (secondary N) is 1. The van der Waals surface area contributed by atoms with E-state index in [1.165, 1.54) is 17.7 Å². The highest BCUT2D eigenvalue weighted by atomic mass is 15.2. The van der Waals surface area contributed by atoms with Crippen molar-refractivity contribution >= 4 is 5.69 Å². The van der Waals surface area contributed by atoms with Crippen molar-refractivity contribution in [2.75, 3.05) is 45.2 Å². The summed E-state index contributed by atoms with van der Waals surface area (Å²) in [6.07, 6.45) is 1.19. The molecule has 0 bridgehead atoms. The molecule has 3 heteroatoms. The van der Waals surface area contributed by atoms with E-state index in [0.29, 0.717) is 5.92 Å². The van der Waals surface area contributed by atoms with Gasteiger partial charge in [0.05, 0.1) is 0 Å². The molecule has 0 saturated carbocycles. The zero-order chi connectivity index (χ0) is 15.7. The molecule has 1 aromatic carbocycles. The molecule has 0 atom stereocenters. The molecule has 0 aromatic heterocycles. The van der Waals surface area contributed by atoms with Gasteiger partial charge in [0.15, 0.2) is 0 Å². The van der Waals surface area contributed by atoms with Crippen molar-refractivity contribution in [1.29, 1.82) is 0 Å². The molecular weight excluding hydrogens is 258 g/mol. The molecule has 0 amide bonds. The number of nitrogens with zero attached hydrogens (tertiary/aromatic N) is 2. The van der Waals surface area contributed by atoms with Crippen LogP contribution in [-0.2, 0) is 6.54 Å². The van der Waals surface area contributed by atoms with E-state index < -0.39 is 0 Å². The highest BCUT2D eigenvalue weighted by molar-refractivity contribution is 5.47. The van der Waals surface area contributed by atoms with Crippen molar-refractivity contribution in [3.05, 3.63) is 29.8 Å². The number of likely N-dealkylation sites (N-methyl/N-ethyl adjacent to an activating group) is 1. The maximum absolute atomic E-state index is 3.49. The van der Waals surface area contributed by atoms with Gasteiger partial charge in [-0.25, -0.2) is 0 Å². The van der Waals surface area contributed by atoms with Crippen LogP contribution < -0.4 is 10.2 Å². The summed E-state index contributed by atoms with van der Waals surface area (Å²) >= 11 is 0. The maximum atomic E-state index is 3.49. The molecule has 1 aromatic rings. The molecule has 0 fully saturated rings. The normalized spacial score (nSPS) is 11.4. The third-order valence-electron chi connectivity index (χ3n) is 3.49. The van der Waals surface area contributed by atoms with Crippen molar-refractivity contribution in [2.24, 2.45) is 5.92 Å². The van der Waals surface area contributed by atoms with E-state index in [1.54, 1.807) is 0 Å². The van der Waals surface area contributed by atoms with E-state index in [0.717, 1.165) is 32.7 Å². The Bertz CT molecular complexity index is 371. The SMILES string of the molecule is CCCN(CCN(C)C)c1ccc(CNCC(C)C)cc1. The fraction of sp³-hybridized carbons (Fsp3) is 0.667. The summed E-state index contributed by atoms with van der Waals surface area (Å²) in [5.41, 5.74) is 2.70. The minimum atomic E-state index is 0.704. The summed E-state index contributed by atoms with van der Waals surface area (Å²) in [5.74, 6) is 0.704. The predicted molar refractivity (Wildman–Crippen MR) is 94.0 cm³/mol. The van der Waals surface area contributed by atoms with Gasteiger partial charge < -0.3 is 15.1 Å². The monoisotopic (exact) mass is 291 g/mol. The summed E-state index contributed by atoms with van der Waals surface area (Å²) in [7, 11) is 4.27. The lowest BCUT2D eigenvalue weighted by Crippen LogP contribution is -2.32. The Morgan fingerprint density at radius 2 is 1.67 bits per heavy atom. The minimum Gasteiger partial charge on any atom is -0.370 e. The van der Waals surface area contributed by atoms with Gasteiger partial charge >= 0.3 is 0 Å². The minimum absolute atomic E-state index is 0.704. The summed E-state index contributed by atoms with van der Waals surface area (Å²) < 4.78 is 0. The number of rotatable bonds is 10. The lowest BCUT2D eigenvalue weighted by atomic mass is 10.1. The first kappa shape index (κ1) is 18.0. The number of anilines is 1. The van der Waals surface area contributed by atoms with Crippen molar-refractivity contribution in [3.63, 3.8) is 0 Å². The summed E-state index contributed by atoms with van der Waals surface area (Å²) in [4.78, 5) is 4.72. The number of hydrogen-bond donors (Lipinski definition) is 1. The second kappa shape index (κ2) is 9.80. The largest absolute Gasteiger partial charge is 0.370 e. The van der Waals surface area contributed by atoms with Crippen LogP contribution in [0.2, 0.25) is 0 Å². The van der Waals surface area contributed by atoms with Gasteiger partial charge in [0.1, 0.15) is 0 Å². The van der Waals surface area contributed by atoms with Gasteiger partial charge in [0.2, 0.25) is 0 Å². The Labute approximate surface area is 131 Å². The summed E-state index contributed by atoms with van der Waals surface area (Å²) in [6, 6.07) is 9.03. The van der Waals surface area contributed by atoms with Crippen LogP contribution in [0.4, 0.5) is 5.69 Å². The lowest BCUT2D eigenvalue weighted by molar-refractivity contribution is 0.413. The molecule has 0 aliphatic rings. The van der Waals surface area contributed by atoms with Crippen LogP contribution in [0, 0.1) is 5.92 Å². The van der Waals surface area contributed by atoms with Crippen LogP contribution in [0.1, 0.15) is 32.8 Å². The second-order valence-electron chi connectivity index (χ2n) is 6.48. The average Bonchev–Trinajstić information content (AvgIpc) is 2.44. The van der Waals surface area contributed by atoms with E-state index in [9.17, 15) is 0 Å². The predicted octanol–water partition coefficient (Wildman–Crippen LogP) is 3.21. The Morgan fingerprint density at radius 3 is 2.19 bits per heavy atom. The Morgan fingerprint density at radius 1 is 1.00 bits per heavy atom. The van der Waals surface area contributed by atoms with Gasteiger partial charge in [0.25, 0.3) is 0 Å². The van der Waals surface area contributed by atoms with E-state index in [1.807, 2.05) is 0 Å². The Kier molecular flexibility index (Phi) is 8.40. The van der Waals surface area contributed by atoms with Crippen molar-refractivity contribution in [3.8, 4) is 0 Å². The smallest absolute Gasteiger partial charge is 0.0366 e. The molecule has 3 nitrogen and oxygen atoms in total. The van der Waals surface area contributed by atoms with Gasteiger partial charge in [-0.05, 0) is 50.7 Å². The van der Waals surface area contributed by atoms with Crippen LogP contribution in [0.15, 0.2) is 24.3 Å². The van der Waals surface area contributed by atoms with Crippen LogP contribution in [-0.4, -0.2) is 45.2 Å². The first-order valence-corrected chi connectivity index (χ1v) is 8.22. The molecular formula is C18H33N3. The molecule has 0 aliphatic carbocycles. The standard InChI is InChI=1S/C18H33N3/c1-6-11-21(13-12-20(4)5)18-9-7-17(8-10-18)15-19-14-16(2)3/h7-10,16,19H,6,11-15H2,1-5H3. The lowest BCUT2D eigenvalue weighted by Gasteiger charge is -2.26. The quantitative estimate of drug-likeness (QED) is 0.714. The molecule has 0 radical (unpaired) electrons. The molecule has 21 heavy (non-hydrogen) atoms. The molecule has 0 aliphatic heterocycles. The molecule has 0 unspecified atom stereocenters. The fourth-order valence-corrected chi connectivity index (χ4v) is 2.29. The van der Waals surface area contributed by atoms with Crippen molar-refractivity contribution in [2.45, 2.75) is 33.7 Å². The summed E-state index contributed by atoms with van der Waals surface area (Å²) in [6.45, 7) is 12.1. The van der Waals surface area contributed by atoms with Crippen LogP contribution >= 0.6 is 0 Å². The maximum Gasteiger partial charge on any atom is 0.0366 e. The first-order chi connectivity index (χ1) is 10.0. The van der Waals surface area contributed by atoms with E-state index in [-0.39, 0.29) is 0 Å². The molecule has 1 rings (SSSR count). The Balaban J connectivity index is 2.55. The topological polar surface area (TPSA) is 18.5 Å². The van der Waals surface area contributed by atoms with E-state index >= 15 is 0 Å². The van der Waals surface area contributed by atoms with Gasteiger partial charge in [0, 0.05) is 31.9 Å². The van der Waals surface area contributed by atoms with E-state index in [2.05, 4.69) is 74.2 Å². The fourth-order valence-electron chi connectivity index (χ4n) is 2.29. The Hall–Kier alpha value is -1.06. The third kappa shape index (κ3) is 7.49. The molecule has 0 spiro atoms. The van der Waals surface area contributed by atoms with Crippen molar-refractivity contribution in [1.82, 2.24) is 10.2 Å². The second-order valence-corrected chi connectivity index (χ2v) is 6.48. The van der Waals surface area contributed by atoms with Crippen LogP contribution in [0.3, 0.4) is 0 Å². The highest BCUT2D eigenvalue weighted by Crippen LogP contribution is 2.15. The van der Waals surface area contributed by atoms with Crippen LogP contribution in [0.5, 0.6) is 0 Å². The third-order valence-corrected chi connectivity index (χ3v) is 3.49. The molecule has 1 N–H and O–H groups in total.